The minimum atomic E-state index is 0. The summed E-state index contributed by atoms with van der Waals surface area (Å²) in [7, 11) is 0. The maximum Gasteiger partial charge on any atom is 3.00 e. The van der Waals surface area contributed by atoms with Crippen LogP contribution in [-0.2, 0) is 4.74 Å². The van der Waals surface area contributed by atoms with E-state index >= 15 is 0 Å². The average Bonchev–Trinajstić information content (AvgIpc) is 1.76. The van der Waals surface area contributed by atoms with Gasteiger partial charge in [-0.2, -0.15) is 0 Å². The van der Waals surface area contributed by atoms with Crippen LogP contribution in [0.4, 0.5) is 0 Å². The minimum absolute atomic E-state index is 0. The van der Waals surface area contributed by atoms with Crippen LogP contribution in [0.1, 0.15) is 12.8 Å². The zero-order chi connectivity index (χ0) is 3.54. The summed E-state index contributed by atoms with van der Waals surface area (Å²) in [5.41, 5.74) is 0. The second kappa shape index (κ2) is 4.46. The third-order valence-electron chi connectivity index (χ3n) is 0.827. The first-order valence-electron chi connectivity index (χ1n) is 2.08. The van der Waals surface area contributed by atoms with Crippen molar-refractivity contribution in [1.82, 2.24) is 0 Å². The van der Waals surface area contributed by atoms with Crippen LogP contribution in [0, 0.1) is 40.4 Å². The van der Waals surface area contributed by atoms with Gasteiger partial charge < -0.3 is 4.74 Å². The van der Waals surface area contributed by atoms with E-state index in [9.17, 15) is 0 Å². The van der Waals surface area contributed by atoms with E-state index in [1.54, 1.807) is 0 Å². The monoisotopic (exact) mass is 224 g/mol. The van der Waals surface area contributed by atoms with Crippen molar-refractivity contribution in [2.24, 2.45) is 0 Å². The molecule has 0 bridgehead atoms. The van der Waals surface area contributed by atoms with E-state index in [2.05, 4.69) is 0 Å². The average molecular weight is 222 g/mol. The van der Waals surface area contributed by atoms with E-state index in [0.717, 1.165) is 13.2 Å². The topological polar surface area (TPSA) is 9.23 Å². The Morgan fingerprint density at radius 3 is 1.67 bits per heavy atom. The van der Waals surface area contributed by atoms with Gasteiger partial charge in [-0.1, -0.05) is 0 Å². The fourth-order valence-corrected chi connectivity index (χ4v) is 0.510. The Morgan fingerprint density at radius 2 is 1.50 bits per heavy atom. The van der Waals surface area contributed by atoms with Crippen LogP contribution in [0.15, 0.2) is 0 Å². The Hall–Kier alpha value is 1.30. The van der Waals surface area contributed by atoms with Crippen LogP contribution in [0.5, 0.6) is 0 Å². The van der Waals surface area contributed by atoms with E-state index in [1.807, 2.05) is 0 Å². The Morgan fingerprint density at radius 1 is 1.00 bits per heavy atom. The van der Waals surface area contributed by atoms with E-state index in [0.29, 0.717) is 0 Å². The first-order valence-corrected chi connectivity index (χ1v) is 2.08. The SMILES string of the molecule is C1CCOC1.[Sm+3]. The molecule has 0 amide bonds. The molecule has 0 aromatic heterocycles. The molecule has 1 nitrogen and oxygen atoms in total. The van der Waals surface area contributed by atoms with Gasteiger partial charge in [0.1, 0.15) is 0 Å². The molecule has 0 aliphatic carbocycles. The van der Waals surface area contributed by atoms with Crippen molar-refractivity contribution in [3.05, 3.63) is 0 Å². The van der Waals surface area contributed by atoms with Gasteiger partial charge in [0.15, 0.2) is 0 Å². The molecular weight excluding hydrogens is 214 g/mol. The third kappa shape index (κ3) is 2.47. The first-order chi connectivity index (χ1) is 2.50. The molecule has 0 unspecified atom stereocenters. The molecule has 6 heavy (non-hydrogen) atoms. The molecule has 1 radical (unpaired) electrons. The van der Waals surface area contributed by atoms with Gasteiger partial charge >= 0.3 is 40.4 Å². The summed E-state index contributed by atoms with van der Waals surface area (Å²) in [6, 6.07) is 0. The third-order valence-corrected chi connectivity index (χ3v) is 0.827. The van der Waals surface area contributed by atoms with Crippen molar-refractivity contribution >= 4 is 0 Å². The smallest absolute Gasteiger partial charge is 0.381 e. The molecule has 0 atom stereocenters. The summed E-state index contributed by atoms with van der Waals surface area (Å²) in [5, 5.41) is 0. The maximum atomic E-state index is 4.94. The second-order valence-electron chi connectivity index (χ2n) is 1.32. The normalized spacial score (nSPS) is 20.0. The van der Waals surface area contributed by atoms with Crippen molar-refractivity contribution in [3.8, 4) is 0 Å². The second-order valence-corrected chi connectivity index (χ2v) is 1.32. The van der Waals surface area contributed by atoms with Crippen LogP contribution in [0.25, 0.3) is 0 Å². The zero-order valence-electron chi connectivity index (χ0n) is 3.64. The van der Waals surface area contributed by atoms with Crippen LogP contribution in [-0.4, -0.2) is 13.2 Å². The van der Waals surface area contributed by atoms with Gasteiger partial charge in [-0.05, 0) is 12.8 Å². The molecular formula is C4H8OSm+3. The van der Waals surface area contributed by atoms with Gasteiger partial charge in [0.05, 0.1) is 0 Å². The van der Waals surface area contributed by atoms with E-state index in [-0.39, 0.29) is 40.4 Å². The summed E-state index contributed by atoms with van der Waals surface area (Å²) >= 11 is 0. The summed E-state index contributed by atoms with van der Waals surface area (Å²) in [6.07, 6.45) is 2.56. The predicted molar refractivity (Wildman–Crippen MR) is 20.1 cm³/mol. The molecule has 1 heterocycles. The molecule has 0 aromatic carbocycles. The fourth-order valence-electron chi connectivity index (χ4n) is 0.510. The van der Waals surface area contributed by atoms with Gasteiger partial charge in [-0.3, -0.25) is 0 Å². The molecule has 1 fully saturated rings. The summed E-state index contributed by atoms with van der Waals surface area (Å²) in [4.78, 5) is 0. The van der Waals surface area contributed by atoms with Crippen LogP contribution >= 0.6 is 0 Å². The summed E-state index contributed by atoms with van der Waals surface area (Å²) in [6.45, 7) is 2.00. The van der Waals surface area contributed by atoms with Crippen molar-refractivity contribution in [2.75, 3.05) is 13.2 Å². The molecule has 1 rings (SSSR count). The molecule has 0 N–H and O–H groups in total. The van der Waals surface area contributed by atoms with Crippen molar-refractivity contribution < 1.29 is 45.1 Å². The molecule has 1 saturated heterocycles. The van der Waals surface area contributed by atoms with Crippen molar-refractivity contribution in [1.29, 1.82) is 0 Å². The zero-order valence-corrected chi connectivity index (χ0v) is 6.26. The van der Waals surface area contributed by atoms with Gasteiger partial charge in [0.25, 0.3) is 0 Å². The standard InChI is InChI=1S/C4H8O.Sm/c1-2-4-5-3-1;/h1-4H2;/q;+3. The predicted octanol–water partition coefficient (Wildman–Crippen LogP) is 0.797. The van der Waals surface area contributed by atoms with Gasteiger partial charge in [0.2, 0.25) is 0 Å². The molecule has 33 valence electrons. The van der Waals surface area contributed by atoms with Crippen molar-refractivity contribution in [3.63, 3.8) is 0 Å². The minimum Gasteiger partial charge on any atom is -0.381 e. The Bertz CT molecular complexity index is 19.1. The molecule has 1 aliphatic heterocycles. The van der Waals surface area contributed by atoms with Gasteiger partial charge in [0, 0.05) is 13.2 Å². The van der Waals surface area contributed by atoms with Crippen molar-refractivity contribution in [2.45, 2.75) is 12.8 Å². The number of hydrogen-bond donors (Lipinski definition) is 0. The molecule has 0 saturated carbocycles. The van der Waals surface area contributed by atoms with Crippen LogP contribution in [0.2, 0.25) is 0 Å². The van der Waals surface area contributed by atoms with Gasteiger partial charge in [-0.25, -0.2) is 0 Å². The number of rotatable bonds is 0. The maximum absolute atomic E-state index is 4.94. The molecule has 0 spiro atoms. The van der Waals surface area contributed by atoms with E-state index in [1.165, 1.54) is 12.8 Å². The van der Waals surface area contributed by atoms with E-state index < -0.39 is 0 Å². The molecule has 1 aliphatic rings. The van der Waals surface area contributed by atoms with E-state index in [4.69, 9.17) is 4.74 Å². The Balaban J connectivity index is 0.000000250. The Labute approximate surface area is 70.5 Å². The molecule has 2 heteroatoms. The number of ether oxygens (including phenoxy) is 1. The van der Waals surface area contributed by atoms with Crippen LogP contribution < -0.4 is 0 Å². The van der Waals surface area contributed by atoms with Gasteiger partial charge in [-0.15, -0.1) is 0 Å². The number of hydrogen-bond acceptors (Lipinski definition) is 1. The largest absolute Gasteiger partial charge is 3.00 e. The quantitative estimate of drug-likeness (QED) is 0.589. The van der Waals surface area contributed by atoms with Crippen LogP contribution in [0.3, 0.4) is 0 Å². The Kier molecular flexibility index (Phi) is 5.42. The summed E-state index contributed by atoms with van der Waals surface area (Å²) < 4.78 is 4.94. The molecule has 0 aromatic rings. The summed E-state index contributed by atoms with van der Waals surface area (Å²) in [5.74, 6) is 0. The first kappa shape index (κ1) is 7.30. The fraction of sp³-hybridized carbons (Fsp3) is 1.00.